The minimum Gasteiger partial charge on any atom is -0.508 e. The molecule has 0 saturated carbocycles. The van der Waals surface area contributed by atoms with Gasteiger partial charge in [-0.3, -0.25) is 19.3 Å². The second kappa shape index (κ2) is 9.02. The first-order valence-electron chi connectivity index (χ1n) is 11.4. The highest BCUT2D eigenvalue weighted by Crippen LogP contribution is 2.45. The van der Waals surface area contributed by atoms with E-state index in [4.69, 9.17) is 0 Å². The predicted octanol–water partition coefficient (Wildman–Crippen LogP) is 3.65. The maximum atomic E-state index is 13.4. The summed E-state index contributed by atoms with van der Waals surface area (Å²) < 4.78 is 0. The van der Waals surface area contributed by atoms with Crippen LogP contribution in [0.15, 0.2) is 72.8 Å². The van der Waals surface area contributed by atoms with E-state index in [0.717, 1.165) is 11.1 Å². The number of benzene rings is 3. The number of phenols is 1. The molecule has 172 valence electrons. The van der Waals surface area contributed by atoms with Crippen molar-refractivity contribution in [3.63, 3.8) is 0 Å². The summed E-state index contributed by atoms with van der Waals surface area (Å²) in [5.41, 5.74) is 3.57. The lowest BCUT2D eigenvalue weighted by atomic mass is 10.0. The highest BCUT2D eigenvalue weighted by atomic mass is 16.3. The van der Waals surface area contributed by atoms with Crippen molar-refractivity contribution in [3.05, 3.63) is 95.1 Å². The van der Waals surface area contributed by atoms with Crippen molar-refractivity contribution in [1.29, 1.82) is 0 Å². The van der Waals surface area contributed by atoms with Crippen LogP contribution in [-0.4, -0.2) is 40.8 Å². The first-order valence-corrected chi connectivity index (χ1v) is 11.4. The molecule has 0 aliphatic carbocycles. The fraction of sp³-hybridized carbons (Fsp3) is 0.222. The van der Waals surface area contributed by atoms with Gasteiger partial charge < -0.3 is 15.3 Å². The number of nitrogens with zero attached hydrogens (tertiary/aromatic N) is 2. The Morgan fingerprint density at radius 3 is 2.38 bits per heavy atom. The number of anilines is 1. The van der Waals surface area contributed by atoms with Gasteiger partial charge in [0.2, 0.25) is 5.91 Å². The molecular weight excluding hydrogens is 430 g/mol. The molecule has 2 heterocycles. The molecule has 7 heteroatoms. The summed E-state index contributed by atoms with van der Waals surface area (Å²) in [6.07, 6.45) is 0.940. The zero-order valence-electron chi connectivity index (χ0n) is 18.6. The van der Waals surface area contributed by atoms with E-state index in [1.807, 2.05) is 42.5 Å². The van der Waals surface area contributed by atoms with Gasteiger partial charge in [-0.1, -0.05) is 42.5 Å². The van der Waals surface area contributed by atoms with Crippen LogP contribution >= 0.6 is 0 Å². The first-order chi connectivity index (χ1) is 16.5. The molecule has 5 rings (SSSR count). The van der Waals surface area contributed by atoms with Crippen molar-refractivity contribution in [2.24, 2.45) is 0 Å². The van der Waals surface area contributed by atoms with Gasteiger partial charge >= 0.3 is 0 Å². The monoisotopic (exact) mass is 455 g/mol. The fourth-order valence-corrected chi connectivity index (χ4v) is 4.71. The molecule has 34 heavy (non-hydrogen) atoms. The Kier molecular flexibility index (Phi) is 5.76. The minimum absolute atomic E-state index is 0.0802. The Balaban J connectivity index is 1.25. The van der Waals surface area contributed by atoms with Gasteiger partial charge in [-0.05, 0) is 48.7 Å². The number of rotatable bonds is 7. The third-order valence-corrected chi connectivity index (χ3v) is 6.36. The van der Waals surface area contributed by atoms with Crippen molar-refractivity contribution in [2.45, 2.75) is 25.4 Å². The quantitative estimate of drug-likeness (QED) is 0.569. The molecule has 0 spiro atoms. The smallest absolute Gasteiger partial charge is 0.260 e. The Morgan fingerprint density at radius 1 is 0.882 bits per heavy atom. The van der Waals surface area contributed by atoms with Crippen molar-refractivity contribution >= 4 is 23.4 Å². The Bertz CT molecular complexity index is 1250. The zero-order chi connectivity index (χ0) is 23.7. The van der Waals surface area contributed by atoms with Crippen LogP contribution < -0.4 is 10.2 Å². The molecule has 2 N–H and O–H groups in total. The summed E-state index contributed by atoms with van der Waals surface area (Å²) in [7, 11) is 0. The maximum Gasteiger partial charge on any atom is 0.260 e. The molecule has 2 aliphatic rings. The van der Waals surface area contributed by atoms with Crippen molar-refractivity contribution < 1.29 is 19.5 Å². The summed E-state index contributed by atoms with van der Waals surface area (Å²) in [5, 5.41) is 12.3. The number of fused-ring (bicyclic) bond motifs is 5. The van der Waals surface area contributed by atoms with Crippen molar-refractivity contribution in [1.82, 2.24) is 10.2 Å². The third kappa shape index (κ3) is 3.90. The average Bonchev–Trinajstić information content (AvgIpc) is 3.15. The van der Waals surface area contributed by atoms with Crippen molar-refractivity contribution in [2.75, 3.05) is 18.0 Å². The number of amides is 3. The topological polar surface area (TPSA) is 90.0 Å². The maximum absolute atomic E-state index is 13.4. The number of aromatic hydroxyl groups is 1. The summed E-state index contributed by atoms with van der Waals surface area (Å²) in [4.78, 5) is 42.3. The van der Waals surface area contributed by atoms with Crippen LogP contribution in [0.3, 0.4) is 0 Å². The van der Waals surface area contributed by atoms with E-state index in [9.17, 15) is 19.5 Å². The van der Waals surface area contributed by atoms with Crippen LogP contribution in [0.5, 0.6) is 5.75 Å². The van der Waals surface area contributed by atoms with Gasteiger partial charge in [-0.2, -0.15) is 0 Å². The molecule has 7 nitrogen and oxygen atoms in total. The van der Waals surface area contributed by atoms with Crippen LogP contribution in [0.2, 0.25) is 0 Å². The SMILES string of the molecule is O=C(CCCN1C(=O)c2ccccc2N2C(=O)c3ccccc3C12)NCCc1ccc(O)cc1. The lowest BCUT2D eigenvalue weighted by Crippen LogP contribution is -2.48. The summed E-state index contributed by atoms with van der Waals surface area (Å²) in [6, 6.07) is 21.5. The standard InChI is InChI=1S/C27H25N3O4/c31-19-13-11-18(12-14-19)15-16-28-24(32)10-5-17-29-25-20-6-1-2-7-21(20)27(34)30(25)23-9-4-3-8-22(23)26(29)33/h1-4,6-9,11-14,25,31H,5,10,15-17H2,(H,28,32). The van der Waals surface area contributed by atoms with Gasteiger partial charge in [0.05, 0.1) is 11.3 Å². The third-order valence-electron chi connectivity index (χ3n) is 6.36. The number of hydrogen-bond donors (Lipinski definition) is 2. The Hall–Kier alpha value is -4.13. The second-order valence-corrected chi connectivity index (χ2v) is 8.52. The molecule has 0 bridgehead atoms. The van der Waals surface area contributed by atoms with E-state index in [2.05, 4.69) is 5.32 Å². The molecule has 1 unspecified atom stereocenters. The number of hydrogen-bond acceptors (Lipinski definition) is 4. The molecule has 3 aromatic carbocycles. The minimum atomic E-state index is -0.497. The lowest BCUT2D eigenvalue weighted by molar-refractivity contribution is -0.121. The summed E-state index contributed by atoms with van der Waals surface area (Å²) in [6.45, 7) is 0.860. The molecule has 0 radical (unpaired) electrons. The van der Waals surface area contributed by atoms with Crippen molar-refractivity contribution in [3.8, 4) is 5.75 Å². The summed E-state index contributed by atoms with van der Waals surface area (Å²) in [5.74, 6) is -0.108. The molecule has 3 amide bonds. The number of para-hydroxylation sites is 1. The molecule has 0 aromatic heterocycles. The van der Waals surface area contributed by atoms with E-state index in [0.29, 0.717) is 42.7 Å². The fourth-order valence-electron chi connectivity index (χ4n) is 4.71. The molecule has 2 aliphatic heterocycles. The Labute approximate surface area is 197 Å². The number of carbonyl (C=O) groups excluding carboxylic acids is 3. The number of phenolic OH excluding ortho intramolecular Hbond substituents is 1. The molecule has 3 aromatic rings. The van der Waals surface area contributed by atoms with Gasteiger partial charge in [0.25, 0.3) is 11.8 Å². The number of nitrogens with one attached hydrogen (secondary N) is 1. The van der Waals surface area contributed by atoms with Gasteiger partial charge in [0, 0.05) is 30.6 Å². The normalized spacial score (nSPS) is 16.2. The van der Waals surface area contributed by atoms with E-state index in [-0.39, 0.29) is 29.9 Å². The first kappa shape index (κ1) is 21.7. The summed E-state index contributed by atoms with van der Waals surface area (Å²) >= 11 is 0. The van der Waals surface area contributed by atoms with Crippen LogP contribution in [0, 0.1) is 0 Å². The highest BCUT2D eigenvalue weighted by Gasteiger charge is 2.47. The van der Waals surface area contributed by atoms with Crippen LogP contribution in [0.1, 0.15) is 50.9 Å². The van der Waals surface area contributed by atoms with Gasteiger partial charge in [0.15, 0.2) is 0 Å². The van der Waals surface area contributed by atoms with E-state index >= 15 is 0 Å². The van der Waals surface area contributed by atoms with Crippen LogP contribution in [-0.2, 0) is 11.2 Å². The van der Waals surface area contributed by atoms with E-state index < -0.39 is 6.17 Å². The second-order valence-electron chi connectivity index (χ2n) is 8.52. The highest BCUT2D eigenvalue weighted by molar-refractivity contribution is 6.16. The average molecular weight is 456 g/mol. The lowest BCUT2D eigenvalue weighted by Gasteiger charge is -2.41. The van der Waals surface area contributed by atoms with E-state index in [1.54, 1.807) is 40.1 Å². The molecule has 0 fully saturated rings. The predicted molar refractivity (Wildman–Crippen MR) is 128 cm³/mol. The van der Waals surface area contributed by atoms with Crippen LogP contribution in [0.25, 0.3) is 0 Å². The molecule has 0 saturated heterocycles. The van der Waals surface area contributed by atoms with Gasteiger partial charge in [-0.25, -0.2) is 0 Å². The van der Waals surface area contributed by atoms with E-state index in [1.165, 1.54) is 0 Å². The zero-order valence-corrected chi connectivity index (χ0v) is 18.6. The Morgan fingerprint density at radius 2 is 1.59 bits per heavy atom. The number of carbonyl (C=O) groups is 3. The van der Waals surface area contributed by atoms with Gasteiger partial charge in [0.1, 0.15) is 11.9 Å². The van der Waals surface area contributed by atoms with Gasteiger partial charge in [-0.15, -0.1) is 0 Å². The molecular formula is C27H25N3O4. The molecule has 1 atom stereocenters. The van der Waals surface area contributed by atoms with Crippen LogP contribution in [0.4, 0.5) is 5.69 Å². The largest absolute Gasteiger partial charge is 0.508 e.